The van der Waals surface area contributed by atoms with Crippen LogP contribution in [-0.4, -0.2) is 35.2 Å². The largest absolute Gasteiger partial charge is 0.394 e. The van der Waals surface area contributed by atoms with Crippen molar-refractivity contribution in [3.63, 3.8) is 0 Å². The normalized spacial score (nSPS) is 18.4. The number of benzene rings is 2. The number of carbonyl (C=O) groups excluding carboxylic acids is 1. The average Bonchev–Trinajstić information content (AvgIpc) is 2.95. The molecule has 0 spiro atoms. The van der Waals surface area contributed by atoms with Gasteiger partial charge >= 0.3 is 6.03 Å². The van der Waals surface area contributed by atoms with E-state index in [4.69, 9.17) is 0 Å². The van der Waals surface area contributed by atoms with Gasteiger partial charge in [0.2, 0.25) is 0 Å². The van der Waals surface area contributed by atoms with Crippen LogP contribution in [0.1, 0.15) is 12.8 Å². The molecule has 3 rings (SSSR count). The summed E-state index contributed by atoms with van der Waals surface area (Å²) in [7, 11) is 0. The molecule has 1 heterocycles. The van der Waals surface area contributed by atoms with Gasteiger partial charge in [0.05, 0.1) is 12.6 Å². The molecule has 0 saturated carbocycles. The smallest absolute Gasteiger partial charge is 0.322 e. The van der Waals surface area contributed by atoms with Crippen molar-refractivity contribution in [3.05, 3.63) is 42.5 Å². The number of aliphatic hydroxyl groups is 1. The van der Waals surface area contributed by atoms with Crippen molar-refractivity contribution in [2.75, 3.05) is 18.5 Å². The first kappa shape index (κ1) is 12.9. The van der Waals surface area contributed by atoms with E-state index in [-0.39, 0.29) is 18.7 Å². The number of fused-ring (bicyclic) bond motifs is 1. The molecule has 0 aliphatic carbocycles. The average molecular weight is 270 g/mol. The van der Waals surface area contributed by atoms with Crippen molar-refractivity contribution in [3.8, 4) is 0 Å². The van der Waals surface area contributed by atoms with Crippen molar-refractivity contribution < 1.29 is 9.90 Å². The van der Waals surface area contributed by atoms with Gasteiger partial charge in [-0.2, -0.15) is 0 Å². The van der Waals surface area contributed by atoms with Crippen LogP contribution in [0.2, 0.25) is 0 Å². The third-order valence-corrected chi connectivity index (χ3v) is 3.85. The highest BCUT2D eigenvalue weighted by atomic mass is 16.3. The van der Waals surface area contributed by atoms with Gasteiger partial charge in [0.15, 0.2) is 0 Å². The zero-order valence-corrected chi connectivity index (χ0v) is 11.2. The lowest BCUT2D eigenvalue weighted by Crippen LogP contribution is -2.40. The van der Waals surface area contributed by atoms with E-state index in [0.29, 0.717) is 6.54 Å². The van der Waals surface area contributed by atoms with Crippen LogP contribution in [0, 0.1) is 0 Å². The van der Waals surface area contributed by atoms with Crippen LogP contribution in [0.5, 0.6) is 0 Å². The van der Waals surface area contributed by atoms with E-state index in [1.54, 1.807) is 4.90 Å². The standard InChI is InChI=1S/C16H18N2O2/c19-11-15-6-3-9-18(15)16(20)17-14-8-7-12-4-1-2-5-13(12)10-14/h1-2,4-5,7-8,10,15,19H,3,6,9,11H2,(H,17,20)/t15-/m0/s1. The molecule has 0 bridgehead atoms. The predicted molar refractivity (Wildman–Crippen MR) is 79.8 cm³/mol. The van der Waals surface area contributed by atoms with Gasteiger partial charge in [0, 0.05) is 12.2 Å². The zero-order valence-electron chi connectivity index (χ0n) is 11.2. The topological polar surface area (TPSA) is 52.6 Å². The third-order valence-electron chi connectivity index (χ3n) is 3.85. The van der Waals surface area contributed by atoms with Crippen LogP contribution >= 0.6 is 0 Å². The van der Waals surface area contributed by atoms with Gasteiger partial charge < -0.3 is 15.3 Å². The Morgan fingerprint density at radius 3 is 2.85 bits per heavy atom. The number of aliphatic hydroxyl groups excluding tert-OH is 1. The lowest BCUT2D eigenvalue weighted by Gasteiger charge is -2.23. The number of carbonyl (C=O) groups is 1. The van der Waals surface area contributed by atoms with Crippen molar-refractivity contribution in [1.82, 2.24) is 4.90 Å². The lowest BCUT2D eigenvalue weighted by molar-refractivity contribution is 0.166. The van der Waals surface area contributed by atoms with E-state index in [9.17, 15) is 9.90 Å². The number of rotatable bonds is 2. The Morgan fingerprint density at radius 1 is 1.25 bits per heavy atom. The van der Waals surface area contributed by atoms with E-state index in [1.165, 1.54) is 0 Å². The molecule has 1 fully saturated rings. The number of nitrogens with one attached hydrogen (secondary N) is 1. The third kappa shape index (κ3) is 2.47. The SMILES string of the molecule is O=C(Nc1ccc2ccccc2c1)N1CCC[C@H]1CO. The molecule has 1 aliphatic heterocycles. The van der Waals surface area contributed by atoms with Crippen LogP contribution in [-0.2, 0) is 0 Å². The van der Waals surface area contributed by atoms with Gasteiger partial charge in [-0.1, -0.05) is 30.3 Å². The van der Waals surface area contributed by atoms with E-state index in [2.05, 4.69) is 5.32 Å². The molecule has 0 radical (unpaired) electrons. The number of urea groups is 1. The number of hydrogen-bond acceptors (Lipinski definition) is 2. The molecule has 2 N–H and O–H groups in total. The predicted octanol–water partition coefficient (Wildman–Crippen LogP) is 2.83. The monoisotopic (exact) mass is 270 g/mol. The van der Waals surface area contributed by atoms with Crippen LogP contribution in [0.4, 0.5) is 10.5 Å². The van der Waals surface area contributed by atoms with Crippen molar-refractivity contribution in [2.24, 2.45) is 0 Å². The molecule has 1 saturated heterocycles. The summed E-state index contributed by atoms with van der Waals surface area (Å²) in [5.41, 5.74) is 0.789. The number of nitrogens with zero attached hydrogens (tertiary/aromatic N) is 1. The van der Waals surface area contributed by atoms with Gasteiger partial charge in [-0.05, 0) is 35.7 Å². The van der Waals surface area contributed by atoms with Crippen LogP contribution in [0.15, 0.2) is 42.5 Å². The second-order valence-electron chi connectivity index (χ2n) is 5.16. The first-order chi connectivity index (χ1) is 9.78. The molecule has 4 heteroatoms. The molecule has 2 aromatic carbocycles. The number of amides is 2. The fourth-order valence-corrected chi connectivity index (χ4v) is 2.76. The zero-order chi connectivity index (χ0) is 13.9. The fourth-order valence-electron chi connectivity index (χ4n) is 2.76. The molecular weight excluding hydrogens is 252 g/mol. The van der Waals surface area contributed by atoms with Gasteiger partial charge in [-0.15, -0.1) is 0 Å². The molecule has 1 atom stereocenters. The Kier molecular flexibility index (Phi) is 3.56. The first-order valence-electron chi connectivity index (χ1n) is 6.95. The molecule has 2 amide bonds. The Labute approximate surface area is 118 Å². The van der Waals surface area contributed by atoms with Gasteiger partial charge in [-0.3, -0.25) is 0 Å². The second-order valence-corrected chi connectivity index (χ2v) is 5.16. The second kappa shape index (κ2) is 5.51. The molecule has 4 nitrogen and oxygen atoms in total. The van der Waals surface area contributed by atoms with Crippen molar-refractivity contribution in [1.29, 1.82) is 0 Å². The molecule has 0 aromatic heterocycles. The number of hydrogen-bond donors (Lipinski definition) is 2. The van der Waals surface area contributed by atoms with Crippen LogP contribution in [0.3, 0.4) is 0 Å². The van der Waals surface area contributed by atoms with Crippen LogP contribution in [0.25, 0.3) is 10.8 Å². The van der Waals surface area contributed by atoms with Gasteiger partial charge in [0.25, 0.3) is 0 Å². The van der Waals surface area contributed by atoms with Gasteiger partial charge in [0.1, 0.15) is 0 Å². The summed E-state index contributed by atoms with van der Waals surface area (Å²) in [5.74, 6) is 0. The summed E-state index contributed by atoms with van der Waals surface area (Å²) in [6, 6.07) is 13.8. The van der Waals surface area contributed by atoms with E-state index >= 15 is 0 Å². The highest BCUT2D eigenvalue weighted by molar-refractivity contribution is 5.93. The minimum absolute atomic E-state index is 0.0329. The molecule has 0 unspecified atom stereocenters. The summed E-state index contributed by atoms with van der Waals surface area (Å²) >= 11 is 0. The lowest BCUT2D eigenvalue weighted by atomic mass is 10.1. The minimum atomic E-state index is -0.128. The Balaban J connectivity index is 1.77. The van der Waals surface area contributed by atoms with E-state index < -0.39 is 0 Å². The summed E-state index contributed by atoms with van der Waals surface area (Å²) in [5, 5.41) is 14.4. The molecule has 2 aromatic rings. The quantitative estimate of drug-likeness (QED) is 0.881. The maximum absolute atomic E-state index is 12.2. The number of anilines is 1. The highest BCUT2D eigenvalue weighted by Crippen LogP contribution is 2.21. The number of likely N-dealkylation sites (tertiary alicyclic amines) is 1. The highest BCUT2D eigenvalue weighted by Gasteiger charge is 2.27. The van der Waals surface area contributed by atoms with Crippen molar-refractivity contribution in [2.45, 2.75) is 18.9 Å². The molecule has 104 valence electrons. The fraction of sp³-hybridized carbons (Fsp3) is 0.312. The Hall–Kier alpha value is -2.07. The van der Waals surface area contributed by atoms with E-state index in [0.717, 1.165) is 29.3 Å². The van der Waals surface area contributed by atoms with Gasteiger partial charge in [-0.25, -0.2) is 4.79 Å². The maximum Gasteiger partial charge on any atom is 0.322 e. The molecular formula is C16H18N2O2. The molecule has 1 aliphatic rings. The summed E-state index contributed by atoms with van der Waals surface area (Å²) in [4.78, 5) is 13.9. The first-order valence-corrected chi connectivity index (χ1v) is 6.95. The summed E-state index contributed by atoms with van der Waals surface area (Å²) in [6.45, 7) is 0.746. The minimum Gasteiger partial charge on any atom is -0.394 e. The Bertz CT molecular complexity index is 627. The maximum atomic E-state index is 12.2. The van der Waals surface area contributed by atoms with Crippen molar-refractivity contribution >= 4 is 22.5 Å². The Morgan fingerprint density at radius 2 is 2.05 bits per heavy atom. The summed E-state index contributed by atoms with van der Waals surface area (Å²) < 4.78 is 0. The van der Waals surface area contributed by atoms with E-state index in [1.807, 2.05) is 42.5 Å². The van der Waals surface area contributed by atoms with Crippen LogP contribution < -0.4 is 5.32 Å². The molecule has 20 heavy (non-hydrogen) atoms. The summed E-state index contributed by atoms with van der Waals surface area (Å²) in [6.07, 6.45) is 1.83.